The molecule has 3 aromatic carbocycles. The molecular formula is C25H21N3OS. The second kappa shape index (κ2) is 7.55. The summed E-state index contributed by atoms with van der Waals surface area (Å²) in [7, 11) is 0. The first-order chi connectivity index (χ1) is 14.7. The van der Waals surface area contributed by atoms with Gasteiger partial charge in [0.15, 0.2) is 6.19 Å². The van der Waals surface area contributed by atoms with Crippen LogP contribution in [0.2, 0.25) is 0 Å². The highest BCUT2D eigenvalue weighted by atomic mass is 32.2. The van der Waals surface area contributed by atoms with Crippen LogP contribution < -0.4 is 0 Å². The molecule has 0 aliphatic carbocycles. The van der Waals surface area contributed by atoms with Crippen LogP contribution in [0.15, 0.2) is 88.7 Å². The molecule has 1 amide bonds. The first-order valence-electron chi connectivity index (χ1n) is 10.1. The van der Waals surface area contributed by atoms with Crippen LogP contribution in [0.4, 0.5) is 0 Å². The first kappa shape index (κ1) is 18.8. The summed E-state index contributed by atoms with van der Waals surface area (Å²) in [6, 6.07) is 26.7. The number of benzene rings is 3. The molecule has 2 unspecified atom stereocenters. The molecule has 5 rings (SSSR count). The fourth-order valence-corrected chi connectivity index (χ4v) is 5.36. The summed E-state index contributed by atoms with van der Waals surface area (Å²) in [5.74, 6) is 0.343. The number of hydrogen-bond acceptors (Lipinski definition) is 4. The highest BCUT2D eigenvalue weighted by molar-refractivity contribution is 7.99. The lowest BCUT2D eigenvalue weighted by atomic mass is 10.0. The van der Waals surface area contributed by atoms with E-state index in [0.717, 1.165) is 17.7 Å². The zero-order valence-electron chi connectivity index (χ0n) is 16.6. The van der Waals surface area contributed by atoms with Gasteiger partial charge in [0.25, 0.3) is 5.91 Å². The van der Waals surface area contributed by atoms with Crippen LogP contribution in [-0.2, 0) is 0 Å². The monoisotopic (exact) mass is 411 g/mol. The molecule has 0 aromatic heterocycles. The number of fused-ring (bicyclic) bond motifs is 1. The van der Waals surface area contributed by atoms with E-state index in [2.05, 4.69) is 37.4 Å². The van der Waals surface area contributed by atoms with Gasteiger partial charge in [0, 0.05) is 21.9 Å². The number of amides is 1. The molecule has 3 aromatic rings. The van der Waals surface area contributed by atoms with Crippen molar-refractivity contribution in [3.05, 3.63) is 84.4 Å². The van der Waals surface area contributed by atoms with Gasteiger partial charge in [0.2, 0.25) is 0 Å². The molecule has 4 nitrogen and oxygen atoms in total. The third kappa shape index (κ3) is 3.24. The number of carbonyl (C=O) groups excluding carboxylic acids is 1. The van der Waals surface area contributed by atoms with Crippen LogP contribution in [-0.4, -0.2) is 34.5 Å². The molecule has 2 aliphatic heterocycles. The van der Waals surface area contributed by atoms with Gasteiger partial charge in [-0.25, -0.2) is 0 Å². The van der Waals surface area contributed by atoms with E-state index in [-0.39, 0.29) is 18.1 Å². The van der Waals surface area contributed by atoms with Gasteiger partial charge in [-0.15, -0.1) is 0 Å². The molecule has 2 heterocycles. The molecular weight excluding hydrogens is 390 g/mol. The van der Waals surface area contributed by atoms with E-state index in [1.165, 1.54) is 9.79 Å². The average Bonchev–Trinajstić information content (AvgIpc) is 3.45. The number of hydrogen-bond donors (Lipinski definition) is 0. The Bertz CT molecular complexity index is 1120. The van der Waals surface area contributed by atoms with Gasteiger partial charge in [-0.2, -0.15) is 5.26 Å². The second-order valence-corrected chi connectivity index (χ2v) is 8.95. The van der Waals surface area contributed by atoms with E-state index in [1.54, 1.807) is 16.7 Å². The van der Waals surface area contributed by atoms with Crippen LogP contribution >= 0.6 is 11.8 Å². The Kier molecular flexibility index (Phi) is 4.72. The van der Waals surface area contributed by atoms with Gasteiger partial charge < -0.3 is 4.90 Å². The van der Waals surface area contributed by atoms with Crippen molar-refractivity contribution in [2.75, 3.05) is 6.54 Å². The molecule has 2 fully saturated rings. The van der Waals surface area contributed by atoms with Crippen molar-refractivity contribution >= 4 is 17.7 Å². The fourth-order valence-electron chi connectivity index (χ4n) is 4.37. The minimum atomic E-state index is -0.0554. The van der Waals surface area contributed by atoms with Crippen molar-refractivity contribution in [2.45, 2.75) is 28.9 Å². The lowest BCUT2D eigenvalue weighted by Gasteiger charge is -2.17. The predicted octanol–water partition coefficient (Wildman–Crippen LogP) is 5.09. The topological polar surface area (TPSA) is 47.1 Å². The highest BCUT2D eigenvalue weighted by Gasteiger charge is 2.61. The van der Waals surface area contributed by atoms with E-state index in [1.807, 2.05) is 59.5 Å². The van der Waals surface area contributed by atoms with Gasteiger partial charge in [-0.1, -0.05) is 67.2 Å². The van der Waals surface area contributed by atoms with Gasteiger partial charge in [-0.3, -0.25) is 9.69 Å². The van der Waals surface area contributed by atoms with Gasteiger partial charge >= 0.3 is 0 Å². The number of nitrogens with zero attached hydrogens (tertiary/aromatic N) is 3. The second-order valence-electron chi connectivity index (χ2n) is 7.83. The summed E-state index contributed by atoms with van der Waals surface area (Å²) < 4.78 is 0. The van der Waals surface area contributed by atoms with E-state index in [9.17, 15) is 10.1 Å². The Balaban J connectivity index is 1.37. The molecule has 2 aliphatic rings. The zero-order chi connectivity index (χ0) is 20.7. The molecule has 3 atom stereocenters. The summed E-state index contributed by atoms with van der Waals surface area (Å²) in [5.41, 5.74) is 2.91. The van der Waals surface area contributed by atoms with E-state index < -0.39 is 0 Å². The van der Waals surface area contributed by atoms with Crippen LogP contribution in [0.25, 0.3) is 11.1 Å². The van der Waals surface area contributed by atoms with Crippen molar-refractivity contribution in [2.24, 2.45) is 5.92 Å². The molecule has 0 spiro atoms. The first-order valence-corrected chi connectivity index (χ1v) is 10.9. The smallest absolute Gasteiger partial charge is 0.255 e. The Morgan fingerprint density at radius 2 is 1.70 bits per heavy atom. The van der Waals surface area contributed by atoms with Crippen molar-refractivity contribution < 1.29 is 4.79 Å². The highest BCUT2D eigenvalue weighted by Crippen LogP contribution is 2.44. The van der Waals surface area contributed by atoms with Gasteiger partial charge in [0.05, 0.1) is 6.04 Å². The summed E-state index contributed by atoms with van der Waals surface area (Å²) in [6.45, 7) is 2.84. The maximum absolute atomic E-state index is 13.0. The maximum atomic E-state index is 13.0. The van der Waals surface area contributed by atoms with Crippen molar-refractivity contribution in [1.82, 2.24) is 9.80 Å². The summed E-state index contributed by atoms with van der Waals surface area (Å²) >= 11 is 1.74. The lowest BCUT2D eigenvalue weighted by Crippen LogP contribution is -2.30. The van der Waals surface area contributed by atoms with Crippen LogP contribution in [0.3, 0.4) is 0 Å². The molecule has 2 saturated heterocycles. The van der Waals surface area contributed by atoms with Crippen molar-refractivity contribution in [3.63, 3.8) is 0 Å². The quantitative estimate of drug-likeness (QED) is 0.443. The third-order valence-corrected chi connectivity index (χ3v) is 6.96. The molecule has 0 bridgehead atoms. The van der Waals surface area contributed by atoms with Crippen LogP contribution in [0, 0.1) is 17.4 Å². The summed E-state index contributed by atoms with van der Waals surface area (Å²) in [5, 5.41) is 9.28. The normalized spacial score (nSPS) is 21.8. The number of nitriles is 1. The number of rotatable bonds is 4. The molecule has 0 radical (unpaired) electrons. The van der Waals surface area contributed by atoms with Crippen LogP contribution in [0.5, 0.6) is 0 Å². The molecule has 0 N–H and O–H groups in total. The lowest BCUT2D eigenvalue weighted by molar-refractivity contribution is 0.0816. The van der Waals surface area contributed by atoms with E-state index in [4.69, 9.17) is 0 Å². The molecule has 148 valence electrons. The maximum Gasteiger partial charge on any atom is 0.255 e. The minimum absolute atomic E-state index is 0.00953. The zero-order valence-corrected chi connectivity index (χ0v) is 17.4. The SMILES string of the molecule is CC1CN(C#N)C2[C@@H]1N2C(=O)c1ccc(-c2ccccc2Sc2ccccc2)cc1. The predicted molar refractivity (Wildman–Crippen MR) is 118 cm³/mol. The Hall–Kier alpha value is -3.23. The van der Waals surface area contributed by atoms with E-state index in [0.29, 0.717) is 11.5 Å². The largest absolute Gasteiger partial charge is 0.308 e. The fraction of sp³-hybridized carbons (Fsp3) is 0.200. The Morgan fingerprint density at radius 1 is 1.00 bits per heavy atom. The molecule has 30 heavy (non-hydrogen) atoms. The Morgan fingerprint density at radius 3 is 2.43 bits per heavy atom. The van der Waals surface area contributed by atoms with Gasteiger partial charge in [-0.05, 0) is 47.4 Å². The van der Waals surface area contributed by atoms with Crippen LogP contribution in [0.1, 0.15) is 17.3 Å². The third-order valence-electron chi connectivity index (χ3n) is 5.87. The minimum Gasteiger partial charge on any atom is -0.308 e. The van der Waals surface area contributed by atoms with Crippen molar-refractivity contribution in [1.29, 1.82) is 5.26 Å². The summed E-state index contributed by atoms with van der Waals surface area (Å²) in [4.78, 5) is 18.9. The number of likely N-dealkylation sites (tertiary alicyclic amines) is 1. The number of carbonyl (C=O) groups is 1. The standard InChI is InChI=1S/C25H21N3OS/c1-17-15-27(16-26)24-23(17)28(24)25(29)19-13-11-18(12-14-19)21-9-5-6-10-22(21)30-20-7-3-2-4-8-20/h2-14,17,23-24H,15H2,1H3/t17?,23-,24?,28?/m1/s1. The average molecular weight is 412 g/mol. The molecule has 5 heteroatoms. The van der Waals surface area contributed by atoms with Gasteiger partial charge in [0.1, 0.15) is 6.17 Å². The molecule has 0 saturated carbocycles. The van der Waals surface area contributed by atoms with E-state index >= 15 is 0 Å². The van der Waals surface area contributed by atoms with Crippen molar-refractivity contribution in [3.8, 4) is 17.3 Å². The Labute approximate surface area is 180 Å². The summed E-state index contributed by atoms with van der Waals surface area (Å²) in [6.07, 6.45) is 2.16.